The van der Waals surface area contributed by atoms with Crippen LogP contribution in [0.5, 0.6) is 0 Å². The molecule has 2 aromatic rings. The third-order valence-electron chi connectivity index (χ3n) is 3.22. The largest absolute Gasteiger partial charge is 0.343 e. The van der Waals surface area contributed by atoms with Gasteiger partial charge in [-0.05, 0) is 30.2 Å². The zero-order valence-corrected chi connectivity index (χ0v) is 12.1. The Morgan fingerprint density at radius 3 is 2.80 bits per heavy atom. The minimum atomic E-state index is -0.106. The molecule has 20 heavy (non-hydrogen) atoms. The van der Waals surface area contributed by atoms with Crippen molar-refractivity contribution in [3.05, 3.63) is 47.8 Å². The van der Waals surface area contributed by atoms with E-state index in [2.05, 4.69) is 12.0 Å². The van der Waals surface area contributed by atoms with E-state index in [1.165, 1.54) is 4.90 Å². The van der Waals surface area contributed by atoms with Crippen LogP contribution in [0.2, 0.25) is 0 Å². The third kappa shape index (κ3) is 2.88. The smallest absolute Gasteiger partial charge is 0.273 e. The maximum absolute atomic E-state index is 11.8. The Bertz CT molecular complexity index is 603. The van der Waals surface area contributed by atoms with Crippen molar-refractivity contribution in [3.8, 4) is 5.69 Å². The van der Waals surface area contributed by atoms with Gasteiger partial charge in [0.1, 0.15) is 0 Å². The van der Waals surface area contributed by atoms with Gasteiger partial charge in [-0.3, -0.25) is 4.79 Å². The molecular formula is C15H20N4O. The van der Waals surface area contributed by atoms with Crippen molar-refractivity contribution in [1.29, 1.82) is 0 Å². The number of hydrogen-bond acceptors (Lipinski definition) is 3. The monoisotopic (exact) mass is 272 g/mol. The molecule has 0 aliphatic carbocycles. The molecule has 0 spiro atoms. The molecule has 0 saturated heterocycles. The SMILES string of the molecule is CCC(N)c1cccc(-n2ccc(C(=O)N(C)C)n2)c1. The van der Waals surface area contributed by atoms with Crippen LogP contribution in [-0.4, -0.2) is 34.7 Å². The van der Waals surface area contributed by atoms with Crippen LogP contribution in [0.15, 0.2) is 36.5 Å². The van der Waals surface area contributed by atoms with E-state index in [1.807, 2.05) is 24.3 Å². The fraction of sp³-hybridized carbons (Fsp3) is 0.333. The van der Waals surface area contributed by atoms with E-state index in [4.69, 9.17) is 5.73 Å². The highest BCUT2D eigenvalue weighted by atomic mass is 16.2. The zero-order valence-electron chi connectivity index (χ0n) is 12.1. The number of nitrogens with zero attached hydrogens (tertiary/aromatic N) is 3. The number of carbonyl (C=O) groups is 1. The second kappa shape index (κ2) is 5.88. The van der Waals surface area contributed by atoms with Gasteiger partial charge in [0.15, 0.2) is 5.69 Å². The van der Waals surface area contributed by atoms with Gasteiger partial charge >= 0.3 is 0 Å². The lowest BCUT2D eigenvalue weighted by Gasteiger charge is -2.11. The second-order valence-corrected chi connectivity index (χ2v) is 4.95. The molecule has 1 amide bonds. The molecule has 1 aromatic heterocycles. The van der Waals surface area contributed by atoms with Crippen molar-refractivity contribution >= 4 is 5.91 Å². The Kier molecular flexibility index (Phi) is 4.20. The quantitative estimate of drug-likeness (QED) is 0.925. The Morgan fingerprint density at radius 2 is 2.15 bits per heavy atom. The van der Waals surface area contributed by atoms with Crippen molar-refractivity contribution in [2.24, 2.45) is 5.73 Å². The van der Waals surface area contributed by atoms with Crippen molar-refractivity contribution in [3.63, 3.8) is 0 Å². The second-order valence-electron chi connectivity index (χ2n) is 4.95. The van der Waals surface area contributed by atoms with E-state index < -0.39 is 0 Å². The molecule has 0 saturated carbocycles. The predicted molar refractivity (Wildman–Crippen MR) is 78.8 cm³/mol. The lowest BCUT2D eigenvalue weighted by atomic mass is 10.1. The van der Waals surface area contributed by atoms with E-state index in [1.54, 1.807) is 31.0 Å². The van der Waals surface area contributed by atoms with Gasteiger partial charge in [-0.2, -0.15) is 5.10 Å². The molecule has 0 radical (unpaired) electrons. The summed E-state index contributed by atoms with van der Waals surface area (Å²) in [4.78, 5) is 13.4. The van der Waals surface area contributed by atoms with Crippen LogP contribution in [0.1, 0.15) is 35.4 Å². The summed E-state index contributed by atoms with van der Waals surface area (Å²) in [7, 11) is 3.42. The normalized spacial score (nSPS) is 12.2. The summed E-state index contributed by atoms with van der Waals surface area (Å²) in [5.41, 5.74) is 8.45. The molecule has 1 unspecified atom stereocenters. The van der Waals surface area contributed by atoms with Crippen LogP contribution in [0.4, 0.5) is 0 Å². The average Bonchev–Trinajstić information content (AvgIpc) is 2.95. The first-order valence-electron chi connectivity index (χ1n) is 6.66. The standard InChI is InChI=1S/C15H20N4O/c1-4-13(16)11-6-5-7-12(10-11)19-9-8-14(17-19)15(20)18(2)3/h5-10,13H,4,16H2,1-3H3. The van der Waals surface area contributed by atoms with Gasteiger partial charge in [0.25, 0.3) is 5.91 Å². The fourth-order valence-corrected chi connectivity index (χ4v) is 1.94. The molecule has 1 aromatic carbocycles. The van der Waals surface area contributed by atoms with Crippen molar-refractivity contribution < 1.29 is 4.79 Å². The highest BCUT2D eigenvalue weighted by Crippen LogP contribution is 2.17. The molecule has 1 heterocycles. The average molecular weight is 272 g/mol. The minimum absolute atomic E-state index is 0.0217. The minimum Gasteiger partial charge on any atom is -0.343 e. The van der Waals surface area contributed by atoms with E-state index in [0.717, 1.165) is 17.7 Å². The molecular weight excluding hydrogens is 252 g/mol. The lowest BCUT2D eigenvalue weighted by molar-refractivity contribution is 0.0821. The van der Waals surface area contributed by atoms with Gasteiger partial charge in [0.2, 0.25) is 0 Å². The van der Waals surface area contributed by atoms with Gasteiger partial charge in [-0.1, -0.05) is 19.1 Å². The molecule has 2 rings (SSSR count). The van der Waals surface area contributed by atoms with Crippen LogP contribution in [0.3, 0.4) is 0 Å². The maximum Gasteiger partial charge on any atom is 0.273 e. The number of nitrogens with two attached hydrogens (primary N) is 1. The van der Waals surface area contributed by atoms with E-state index in [0.29, 0.717) is 5.69 Å². The summed E-state index contributed by atoms with van der Waals surface area (Å²) in [5, 5.41) is 4.31. The molecule has 2 N–H and O–H groups in total. The Balaban J connectivity index is 2.31. The molecule has 1 atom stereocenters. The van der Waals surface area contributed by atoms with Gasteiger partial charge in [0, 0.05) is 26.3 Å². The molecule has 0 aliphatic heterocycles. The Morgan fingerprint density at radius 1 is 1.40 bits per heavy atom. The van der Waals surface area contributed by atoms with Crippen LogP contribution in [-0.2, 0) is 0 Å². The summed E-state index contributed by atoms with van der Waals surface area (Å²) in [6.45, 7) is 2.05. The highest BCUT2D eigenvalue weighted by molar-refractivity contribution is 5.91. The van der Waals surface area contributed by atoms with Crippen molar-refractivity contribution in [2.75, 3.05) is 14.1 Å². The van der Waals surface area contributed by atoms with Crippen LogP contribution >= 0.6 is 0 Å². The molecule has 0 aliphatic rings. The molecule has 0 bridgehead atoms. The molecule has 0 fully saturated rings. The summed E-state index contributed by atoms with van der Waals surface area (Å²) in [6, 6.07) is 9.65. The fourth-order valence-electron chi connectivity index (χ4n) is 1.94. The lowest BCUT2D eigenvalue weighted by Crippen LogP contribution is -2.22. The maximum atomic E-state index is 11.8. The van der Waals surface area contributed by atoms with Crippen molar-refractivity contribution in [1.82, 2.24) is 14.7 Å². The Labute approximate surface area is 119 Å². The van der Waals surface area contributed by atoms with Crippen LogP contribution < -0.4 is 5.73 Å². The summed E-state index contributed by atoms with van der Waals surface area (Å²) in [5.74, 6) is -0.106. The number of rotatable bonds is 4. The first kappa shape index (κ1) is 14.3. The molecule has 106 valence electrons. The summed E-state index contributed by atoms with van der Waals surface area (Å²) in [6.07, 6.45) is 2.67. The van der Waals surface area contributed by atoms with Crippen molar-refractivity contribution in [2.45, 2.75) is 19.4 Å². The molecule has 5 heteroatoms. The first-order chi connectivity index (χ1) is 9.52. The van der Waals surface area contributed by atoms with E-state index >= 15 is 0 Å². The van der Waals surface area contributed by atoms with Crippen LogP contribution in [0, 0.1) is 0 Å². The van der Waals surface area contributed by atoms with Gasteiger partial charge in [-0.15, -0.1) is 0 Å². The van der Waals surface area contributed by atoms with Crippen LogP contribution in [0.25, 0.3) is 5.69 Å². The summed E-state index contributed by atoms with van der Waals surface area (Å²) < 4.78 is 1.70. The van der Waals surface area contributed by atoms with E-state index in [-0.39, 0.29) is 11.9 Å². The summed E-state index contributed by atoms with van der Waals surface area (Å²) >= 11 is 0. The van der Waals surface area contributed by atoms with Gasteiger partial charge < -0.3 is 10.6 Å². The number of aromatic nitrogens is 2. The van der Waals surface area contributed by atoms with Gasteiger partial charge in [0.05, 0.1) is 5.69 Å². The number of hydrogen-bond donors (Lipinski definition) is 1. The van der Waals surface area contributed by atoms with Gasteiger partial charge in [-0.25, -0.2) is 4.68 Å². The molecule has 5 nitrogen and oxygen atoms in total. The first-order valence-corrected chi connectivity index (χ1v) is 6.66. The zero-order chi connectivity index (χ0) is 14.7. The number of carbonyl (C=O) groups excluding carboxylic acids is 1. The number of benzene rings is 1. The number of amides is 1. The highest BCUT2D eigenvalue weighted by Gasteiger charge is 2.12. The topological polar surface area (TPSA) is 64.2 Å². The Hall–Kier alpha value is -2.14. The third-order valence-corrected chi connectivity index (χ3v) is 3.22. The van der Waals surface area contributed by atoms with E-state index in [9.17, 15) is 4.79 Å². The predicted octanol–water partition coefficient (Wildman–Crippen LogP) is 1.98.